The lowest BCUT2D eigenvalue weighted by atomic mass is 9.31. The summed E-state index contributed by atoms with van der Waals surface area (Å²) in [5.41, 5.74) is 2.55. The van der Waals surface area contributed by atoms with Crippen LogP contribution in [0.4, 0.5) is 0 Å². The molecule has 0 amide bonds. The Labute approximate surface area is 310 Å². The van der Waals surface area contributed by atoms with Crippen molar-refractivity contribution in [3.63, 3.8) is 0 Å². The Balaban J connectivity index is 1.27. The number of rotatable bonds is 11. The topological polar surface area (TPSA) is 97.3 Å². The van der Waals surface area contributed by atoms with Crippen molar-refractivity contribution in [3.05, 3.63) is 59.7 Å². The second kappa shape index (κ2) is 13.3. The highest BCUT2D eigenvalue weighted by molar-refractivity contribution is 5.85. The van der Waals surface area contributed by atoms with Gasteiger partial charge in [0.1, 0.15) is 18.3 Å². The van der Waals surface area contributed by atoms with E-state index in [1.165, 1.54) is 12.5 Å². The fraction of sp³-hybridized carbons (Fsp3) is 0.682. The van der Waals surface area contributed by atoms with Crippen molar-refractivity contribution in [1.29, 1.82) is 0 Å². The molecule has 8 aliphatic rings. The molecule has 8 nitrogen and oxygen atoms in total. The molecule has 1 aromatic rings. The Morgan fingerprint density at radius 2 is 1.98 bits per heavy atom. The molecule has 0 radical (unpaired) electrons. The van der Waals surface area contributed by atoms with Crippen LogP contribution in [0.25, 0.3) is 0 Å². The lowest BCUT2D eigenvalue weighted by Crippen LogP contribution is -2.84. The van der Waals surface area contributed by atoms with Gasteiger partial charge < -0.3 is 19.3 Å². The van der Waals surface area contributed by atoms with Gasteiger partial charge in [-0.2, -0.15) is 0 Å². The van der Waals surface area contributed by atoms with Gasteiger partial charge in [0.25, 0.3) is 0 Å². The molecule has 6 bridgehead atoms. The lowest BCUT2D eigenvalue weighted by Gasteiger charge is -2.76. The number of carbonyl (C=O) groups is 2. The normalized spacial score (nSPS) is 42.9. The van der Waals surface area contributed by atoms with Crippen LogP contribution in [0.2, 0.25) is 0 Å². The molecule has 4 aliphatic carbocycles. The van der Waals surface area contributed by atoms with Crippen LogP contribution in [0.1, 0.15) is 110 Å². The van der Waals surface area contributed by atoms with Gasteiger partial charge >= 0.3 is 11.9 Å². The summed E-state index contributed by atoms with van der Waals surface area (Å²) in [6.45, 7) is 9.34. The number of fused-ring (bicyclic) bond motifs is 4. The number of benzene rings is 1. The molecule has 4 heterocycles. The van der Waals surface area contributed by atoms with Crippen LogP contribution in [-0.4, -0.2) is 58.7 Å². The quantitative estimate of drug-likeness (QED) is 0.144. The zero-order valence-corrected chi connectivity index (χ0v) is 31.6. The summed E-state index contributed by atoms with van der Waals surface area (Å²) in [4.78, 5) is 25.7. The van der Waals surface area contributed by atoms with E-state index in [4.69, 9.17) is 14.2 Å². The summed E-state index contributed by atoms with van der Waals surface area (Å²) in [6, 6.07) is 11.0. The average molecular weight is 711 g/mol. The van der Waals surface area contributed by atoms with E-state index in [2.05, 4.69) is 85.7 Å². The van der Waals surface area contributed by atoms with Gasteiger partial charge in [-0.05, 0) is 98.0 Å². The van der Waals surface area contributed by atoms with Gasteiger partial charge in [0, 0.05) is 36.8 Å². The summed E-state index contributed by atoms with van der Waals surface area (Å²) in [5, 5.41) is 15.4. The second-order valence-corrected chi connectivity index (χ2v) is 18.0. The Hall–Kier alpha value is -3.12. The fourth-order valence-corrected chi connectivity index (χ4v) is 13.3. The number of esters is 2. The molecule has 12 atom stereocenters. The molecule has 4 aliphatic heterocycles. The first-order valence-corrected chi connectivity index (χ1v) is 20.1. The molecule has 8 heteroatoms. The van der Waals surface area contributed by atoms with E-state index >= 15 is 0 Å². The molecule has 12 unspecified atom stereocenters. The number of hydrazine groups is 1. The van der Waals surface area contributed by atoms with E-state index in [9.17, 15) is 14.7 Å². The highest BCUT2D eigenvalue weighted by atomic mass is 16.6. The predicted octanol–water partition coefficient (Wildman–Crippen LogP) is 7.03. The SMILES string of the molecule is CC(=O)OC12CC3(C)C=CC(CCC(C)CCCc4ccccc4)C45C(O)CCC(C)(C6CCCC6N(CC#COC34CCC3=CC(=O)OC3)N1)C25. The maximum absolute atomic E-state index is 13.4. The number of carbonyl (C=O) groups excluding carboxylic acids is 2. The number of cyclic esters (lactones) is 1. The van der Waals surface area contributed by atoms with Crippen molar-refractivity contribution in [2.75, 3.05) is 13.2 Å². The first-order valence-electron chi connectivity index (χ1n) is 20.1. The molecule has 9 rings (SSSR count). The van der Waals surface area contributed by atoms with E-state index in [0.29, 0.717) is 44.1 Å². The smallest absolute Gasteiger partial charge is 0.331 e. The van der Waals surface area contributed by atoms with Gasteiger partial charge in [-0.1, -0.05) is 82.5 Å². The average Bonchev–Trinajstić information content (AvgIpc) is 3.76. The lowest BCUT2D eigenvalue weighted by molar-refractivity contribution is -0.358. The highest BCUT2D eigenvalue weighted by Crippen LogP contribution is 2.78. The first-order chi connectivity index (χ1) is 25.0. The number of nitrogens with one attached hydrogen (secondary N) is 1. The van der Waals surface area contributed by atoms with E-state index in [-0.39, 0.29) is 41.8 Å². The van der Waals surface area contributed by atoms with Gasteiger partial charge in [0.2, 0.25) is 0 Å². The van der Waals surface area contributed by atoms with E-state index in [1.54, 1.807) is 6.08 Å². The minimum atomic E-state index is -1.07. The van der Waals surface area contributed by atoms with Crippen molar-refractivity contribution in [2.24, 2.45) is 39.9 Å². The molecule has 4 fully saturated rings. The van der Waals surface area contributed by atoms with Crippen molar-refractivity contribution in [1.82, 2.24) is 10.4 Å². The number of aliphatic hydroxyl groups excluding tert-OH is 1. The Morgan fingerprint density at radius 1 is 1.15 bits per heavy atom. The number of aliphatic hydroxyl groups is 1. The molecular weight excluding hydrogens is 652 g/mol. The van der Waals surface area contributed by atoms with E-state index in [0.717, 1.165) is 63.4 Å². The predicted molar refractivity (Wildman–Crippen MR) is 198 cm³/mol. The highest BCUT2D eigenvalue weighted by Gasteiger charge is 2.84. The maximum Gasteiger partial charge on any atom is 0.331 e. The standard InChI is InChI=1S/C44H58N2O6/c1-30(11-8-14-32-12-6-5-7-13-32)17-18-34-20-22-40(3)29-42(52-31(2)47)39-41(4)23-21-37(48)44(34,39)43(40,24-19-33-27-38(49)50-28-33)51-26-10-25-46(45-42)36-16-9-15-35(36)41/h5-7,12-13,20,22,27,30,34-37,39,45,48H,8-9,11,14-19,21,23-25,28-29H2,1-4H3. The van der Waals surface area contributed by atoms with Crippen molar-refractivity contribution in [2.45, 2.75) is 135 Å². The largest absolute Gasteiger partial charge is 0.458 e. The molecule has 280 valence electrons. The third-order valence-corrected chi connectivity index (χ3v) is 15.1. The fourth-order valence-electron chi connectivity index (χ4n) is 13.3. The monoisotopic (exact) mass is 710 g/mol. The molecular formula is C44H58N2O6. The van der Waals surface area contributed by atoms with Gasteiger partial charge in [0.05, 0.1) is 18.1 Å². The molecule has 3 saturated carbocycles. The summed E-state index contributed by atoms with van der Waals surface area (Å²) < 4.78 is 19.4. The third kappa shape index (κ3) is 5.42. The molecule has 0 aromatic heterocycles. The minimum Gasteiger partial charge on any atom is -0.458 e. The molecule has 1 saturated heterocycles. The summed E-state index contributed by atoms with van der Waals surface area (Å²) in [7, 11) is 0. The Kier molecular flexibility index (Phi) is 9.19. The molecule has 2 N–H and O–H groups in total. The minimum absolute atomic E-state index is 0.0446. The van der Waals surface area contributed by atoms with Crippen LogP contribution >= 0.6 is 0 Å². The third-order valence-electron chi connectivity index (χ3n) is 15.1. The molecule has 1 spiro atoms. The van der Waals surface area contributed by atoms with E-state index in [1.807, 2.05) is 0 Å². The Bertz CT molecular complexity index is 1680. The van der Waals surface area contributed by atoms with Crippen molar-refractivity contribution < 1.29 is 28.9 Å². The number of aryl methyl sites for hydroxylation is 1. The second-order valence-electron chi connectivity index (χ2n) is 18.0. The zero-order valence-electron chi connectivity index (χ0n) is 31.6. The van der Waals surface area contributed by atoms with Gasteiger partial charge in [-0.3, -0.25) is 4.79 Å². The van der Waals surface area contributed by atoms with Gasteiger partial charge in [0.15, 0.2) is 5.72 Å². The van der Waals surface area contributed by atoms with Crippen LogP contribution < -0.4 is 5.43 Å². The van der Waals surface area contributed by atoms with Crippen molar-refractivity contribution >= 4 is 11.9 Å². The number of hydrogen-bond acceptors (Lipinski definition) is 8. The number of allylic oxidation sites excluding steroid dienone is 1. The molecule has 1 aromatic carbocycles. The summed E-state index contributed by atoms with van der Waals surface area (Å²) in [5.74, 6) is 3.34. The first kappa shape index (κ1) is 35.9. The molecule has 52 heavy (non-hydrogen) atoms. The zero-order chi connectivity index (χ0) is 36.4. The summed E-state index contributed by atoms with van der Waals surface area (Å²) in [6.07, 6.45) is 20.6. The Morgan fingerprint density at radius 3 is 2.75 bits per heavy atom. The van der Waals surface area contributed by atoms with E-state index < -0.39 is 28.3 Å². The van der Waals surface area contributed by atoms with Crippen LogP contribution in [0.5, 0.6) is 0 Å². The number of hydrogen-bond donors (Lipinski definition) is 2. The maximum atomic E-state index is 13.4. The summed E-state index contributed by atoms with van der Waals surface area (Å²) >= 11 is 0. The number of ether oxygens (including phenoxy) is 3. The van der Waals surface area contributed by atoms with Crippen LogP contribution in [-0.2, 0) is 30.2 Å². The van der Waals surface area contributed by atoms with Crippen LogP contribution in [0.15, 0.2) is 54.1 Å². The van der Waals surface area contributed by atoms with Crippen molar-refractivity contribution in [3.8, 4) is 12.0 Å². The van der Waals surface area contributed by atoms with Crippen LogP contribution in [0, 0.1) is 51.9 Å². The van der Waals surface area contributed by atoms with Crippen LogP contribution in [0.3, 0.4) is 0 Å². The van der Waals surface area contributed by atoms with Gasteiger partial charge in [-0.25, -0.2) is 15.2 Å². The van der Waals surface area contributed by atoms with Gasteiger partial charge in [-0.15, -0.1) is 0 Å². The number of nitrogens with zero attached hydrogens (tertiary/aromatic N) is 1.